The molecule has 1 saturated heterocycles. The van der Waals surface area contributed by atoms with Gasteiger partial charge in [0.15, 0.2) is 0 Å². The van der Waals surface area contributed by atoms with Crippen LogP contribution in [0.15, 0.2) is 24.3 Å². The van der Waals surface area contributed by atoms with Crippen molar-refractivity contribution >= 4 is 29.1 Å². The van der Waals surface area contributed by atoms with Gasteiger partial charge in [-0.1, -0.05) is 12.1 Å². The van der Waals surface area contributed by atoms with Crippen LogP contribution < -0.4 is 16.4 Å². The summed E-state index contributed by atoms with van der Waals surface area (Å²) in [6.45, 7) is 0.608. The second kappa shape index (κ2) is 6.16. The Kier molecular flexibility index (Phi) is 4.31. The molecule has 1 aliphatic heterocycles. The first-order chi connectivity index (χ1) is 9.54. The summed E-state index contributed by atoms with van der Waals surface area (Å²) in [5, 5.41) is 4.90. The molecule has 1 aromatic carbocycles. The second-order valence-electron chi connectivity index (χ2n) is 4.57. The monoisotopic (exact) mass is 276 g/mol. The van der Waals surface area contributed by atoms with Crippen molar-refractivity contribution in [2.45, 2.75) is 6.42 Å². The highest BCUT2D eigenvalue weighted by Gasteiger charge is 2.22. The summed E-state index contributed by atoms with van der Waals surface area (Å²) in [6.07, 6.45) is 0.189. The van der Waals surface area contributed by atoms with Crippen molar-refractivity contribution in [2.24, 2.45) is 0 Å². The number of nitrogens with two attached hydrogens (primary N) is 1. The third-order valence-corrected chi connectivity index (χ3v) is 2.90. The third-order valence-electron chi connectivity index (χ3n) is 2.90. The summed E-state index contributed by atoms with van der Waals surface area (Å²) in [6, 6.07) is 6.97. The van der Waals surface area contributed by atoms with Crippen molar-refractivity contribution in [1.82, 2.24) is 10.2 Å². The molecule has 7 nitrogen and oxygen atoms in total. The molecule has 0 aromatic heterocycles. The molecule has 0 bridgehead atoms. The molecule has 106 valence electrons. The van der Waals surface area contributed by atoms with E-state index in [1.807, 2.05) is 0 Å². The summed E-state index contributed by atoms with van der Waals surface area (Å²) in [7, 11) is 0. The van der Waals surface area contributed by atoms with Crippen molar-refractivity contribution in [2.75, 3.05) is 30.7 Å². The van der Waals surface area contributed by atoms with Gasteiger partial charge in [-0.05, 0) is 12.1 Å². The summed E-state index contributed by atoms with van der Waals surface area (Å²) in [5.41, 5.74) is 6.78. The van der Waals surface area contributed by atoms with Gasteiger partial charge in [-0.2, -0.15) is 0 Å². The van der Waals surface area contributed by atoms with Gasteiger partial charge < -0.3 is 11.1 Å². The minimum absolute atomic E-state index is 0.131. The third kappa shape index (κ3) is 3.79. The van der Waals surface area contributed by atoms with Crippen LogP contribution in [0.25, 0.3) is 0 Å². The zero-order valence-electron chi connectivity index (χ0n) is 10.9. The molecule has 0 radical (unpaired) electrons. The number of imide groups is 1. The fourth-order valence-electron chi connectivity index (χ4n) is 1.94. The zero-order chi connectivity index (χ0) is 14.5. The molecule has 7 heteroatoms. The SMILES string of the molecule is Nc1ccccc1NC(=O)CCN1CC(=O)NC(=O)C1. The van der Waals surface area contributed by atoms with E-state index in [1.54, 1.807) is 29.2 Å². The number of amides is 3. The number of hydrogen-bond donors (Lipinski definition) is 3. The van der Waals surface area contributed by atoms with Crippen LogP contribution >= 0.6 is 0 Å². The number of nitrogens with one attached hydrogen (secondary N) is 2. The largest absolute Gasteiger partial charge is 0.397 e. The quantitative estimate of drug-likeness (QED) is 0.510. The molecule has 4 N–H and O–H groups in total. The topological polar surface area (TPSA) is 105 Å². The van der Waals surface area contributed by atoms with Gasteiger partial charge in [-0.25, -0.2) is 0 Å². The van der Waals surface area contributed by atoms with E-state index in [0.29, 0.717) is 17.9 Å². The predicted octanol–water partition coefficient (Wildman–Crippen LogP) is -0.444. The number of benzene rings is 1. The summed E-state index contributed by atoms with van der Waals surface area (Å²) >= 11 is 0. The highest BCUT2D eigenvalue weighted by atomic mass is 16.2. The lowest BCUT2D eigenvalue weighted by molar-refractivity contribution is -0.136. The average molecular weight is 276 g/mol. The van der Waals surface area contributed by atoms with E-state index in [2.05, 4.69) is 10.6 Å². The van der Waals surface area contributed by atoms with Gasteiger partial charge in [0.1, 0.15) is 0 Å². The van der Waals surface area contributed by atoms with E-state index < -0.39 is 0 Å². The normalized spacial score (nSPS) is 15.8. The zero-order valence-corrected chi connectivity index (χ0v) is 10.9. The Labute approximate surface area is 116 Å². The second-order valence-corrected chi connectivity index (χ2v) is 4.57. The van der Waals surface area contributed by atoms with Crippen molar-refractivity contribution in [3.63, 3.8) is 0 Å². The maximum atomic E-state index is 11.8. The minimum Gasteiger partial charge on any atom is -0.397 e. The number of hydrogen-bond acceptors (Lipinski definition) is 5. The standard InChI is InChI=1S/C13H16N4O3/c14-9-3-1-2-4-10(9)15-11(18)5-6-17-7-12(19)16-13(20)8-17/h1-4H,5-8,14H2,(H,15,18)(H,16,19,20). The highest BCUT2D eigenvalue weighted by Crippen LogP contribution is 2.16. The maximum Gasteiger partial charge on any atom is 0.240 e. The molecule has 0 atom stereocenters. The number of carbonyl (C=O) groups excluding carboxylic acids is 3. The Morgan fingerprint density at radius 3 is 2.55 bits per heavy atom. The molecule has 1 aromatic rings. The van der Waals surface area contributed by atoms with Crippen LogP contribution in [0.2, 0.25) is 0 Å². The minimum atomic E-state index is -0.339. The average Bonchev–Trinajstić information content (AvgIpc) is 2.38. The first-order valence-electron chi connectivity index (χ1n) is 6.24. The first kappa shape index (κ1) is 14.0. The van der Waals surface area contributed by atoms with E-state index in [4.69, 9.17) is 5.73 Å². The predicted molar refractivity (Wildman–Crippen MR) is 73.7 cm³/mol. The number of anilines is 2. The lowest BCUT2D eigenvalue weighted by Crippen LogP contribution is -2.51. The number of carbonyl (C=O) groups is 3. The van der Waals surface area contributed by atoms with E-state index in [9.17, 15) is 14.4 Å². The van der Waals surface area contributed by atoms with Crippen molar-refractivity contribution in [3.8, 4) is 0 Å². The number of rotatable bonds is 4. The van der Waals surface area contributed by atoms with Crippen LogP contribution in [-0.4, -0.2) is 42.3 Å². The highest BCUT2D eigenvalue weighted by molar-refractivity contribution is 5.99. The number of nitrogen functional groups attached to an aromatic ring is 1. The Morgan fingerprint density at radius 1 is 1.25 bits per heavy atom. The fraction of sp³-hybridized carbons (Fsp3) is 0.308. The smallest absolute Gasteiger partial charge is 0.240 e. The Balaban J connectivity index is 1.82. The van der Waals surface area contributed by atoms with E-state index in [1.165, 1.54) is 0 Å². The van der Waals surface area contributed by atoms with E-state index in [-0.39, 0.29) is 37.2 Å². The molecule has 1 aliphatic rings. The molecule has 1 heterocycles. The van der Waals surface area contributed by atoms with Crippen molar-refractivity contribution < 1.29 is 14.4 Å². The molecular formula is C13H16N4O3. The van der Waals surface area contributed by atoms with Crippen LogP contribution in [0.1, 0.15) is 6.42 Å². The Hall–Kier alpha value is -2.41. The molecule has 0 aliphatic carbocycles. The van der Waals surface area contributed by atoms with Crippen molar-refractivity contribution in [1.29, 1.82) is 0 Å². The van der Waals surface area contributed by atoms with E-state index >= 15 is 0 Å². The van der Waals surface area contributed by atoms with Crippen LogP contribution in [0.4, 0.5) is 11.4 Å². The van der Waals surface area contributed by atoms with Gasteiger partial charge in [0.2, 0.25) is 17.7 Å². The van der Waals surface area contributed by atoms with Gasteiger partial charge >= 0.3 is 0 Å². The molecular weight excluding hydrogens is 260 g/mol. The van der Waals surface area contributed by atoms with Crippen LogP contribution in [0.3, 0.4) is 0 Å². The lowest BCUT2D eigenvalue weighted by atomic mass is 10.2. The van der Waals surface area contributed by atoms with E-state index in [0.717, 1.165) is 0 Å². The molecule has 1 fully saturated rings. The van der Waals surface area contributed by atoms with Crippen LogP contribution in [0.5, 0.6) is 0 Å². The number of para-hydroxylation sites is 2. The van der Waals surface area contributed by atoms with Crippen LogP contribution in [0, 0.1) is 0 Å². The summed E-state index contributed by atoms with van der Waals surface area (Å²) in [4.78, 5) is 35.8. The van der Waals surface area contributed by atoms with Crippen molar-refractivity contribution in [3.05, 3.63) is 24.3 Å². The lowest BCUT2D eigenvalue weighted by Gasteiger charge is -2.24. The Morgan fingerprint density at radius 2 is 1.90 bits per heavy atom. The fourth-order valence-corrected chi connectivity index (χ4v) is 1.94. The first-order valence-corrected chi connectivity index (χ1v) is 6.24. The van der Waals surface area contributed by atoms with Gasteiger partial charge in [0.05, 0.1) is 24.5 Å². The van der Waals surface area contributed by atoms with Gasteiger partial charge in [0, 0.05) is 13.0 Å². The van der Waals surface area contributed by atoms with Gasteiger partial charge in [-0.15, -0.1) is 0 Å². The summed E-state index contributed by atoms with van der Waals surface area (Å²) < 4.78 is 0. The maximum absolute atomic E-state index is 11.8. The summed E-state index contributed by atoms with van der Waals surface area (Å²) in [5.74, 6) is -0.885. The number of piperazine rings is 1. The number of nitrogens with zero attached hydrogens (tertiary/aromatic N) is 1. The molecule has 3 amide bonds. The van der Waals surface area contributed by atoms with Gasteiger partial charge in [-0.3, -0.25) is 24.6 Å². The molecule has 0 saturated carbocycles. The molecule has 0 spiro atoms. The van der Waals surface area contributed by atoms with Crippen LogP contribution in [-0.2, 0) is 14.4 Å². The van der Waals surface area contributed by atoms with Gasteiger partial charge in [0.25, 0.3) is 0 Å². The molecule has 0 unspecified atom stereocenters. The molecule has 20 heavy (non-hydrogen) atoms. The molecule has 2 rings (SSSR count). The Bertz CT molecular complexity index is 528.